The lowest BCUT2D eigenvalue weighted by molar-refractivity contribution is -0.137. The highest BCUT2D eigenvalue weighted by atomic mass is 16.4. The number of piperidine rings is 1. The Kier molecular flexibility index (Phi) is 4.82. The summed E-state index contributed by atoms with van der Waals surface area (Å²) in [7, 11) is 0. The standard InChI is InChI=1S/C15H21NO4/c1-2-12-6-7-13(20-12)15(19)16-9-3-4-11(10-16)5-8-14(17)18/h6-7,11H,2-5,8-10H2,1H3,(H,17,18)/t11-/m1/s1. The zero-order valence-corrected chi connectivity index (χ0v) is 11.8. The SMILES string of the molecule is CCc1ccc(C(=O)N2CCC[C@H](CCC(=O)O)C2)o1. The molecule has 2 rings (SSSR count). The van der Waals surface area contributed by atoms with Gasteiger partial charge in [0.25, 0.3) is 5.91 Å². The Hall–Kier alpha value is -1.78. The molecule has 0 radical (unpaired) electrons. The second kappa shape index (κ2) is 6.59. The van der Waals surface area contributed by atoms with Crippen molar-refractivity contribution < 1.29 is 19.1 Å². The molecule has 20 heavy (non-hydrogen) atoms. The molecule has 1 aromatic rings. The van der Waals surface area contributed by atoms with E-state index >= 15 is 0 Å². The largest absolute Gasteiger partial charge is 0.481 e. The Labute approximate surface area is 118 Å². The van der Waals surface area contributed by atoms with Gasteiger partial charge in [0.15, 0.2) is 5.76 Å². The quantitative estimate of drug-likeness (QED) is 0.899. The van der Waals surface area contributed by atoms with Crippen LogP contribution in [0, 0.1) is 5.92 Å². The van der Waals surface area contributed by atoms with E-state index in [1.807, 2.05) is 13.0 Å². The summed E-state index contributed by atoms with van der Waals surface area (Å²) < 4.78 is 5.50. The van der Waals surface area contributed by atoms with Crippen LogP contribution in [0.2, 0.25) is 0 Å². The fraction of sp³-hybridized carbons (Fsp3) is 0.600. The normalized spacial score (nSPS) is 19.1. The molecule has 0 aliphatic carbocycles. The molecule has 1 aliphatic rings. The highest BCUT2D eigenvalue weighted by Gasteiger charge is 2.26. The summed E-state index contributed by atoms with van der Waals surface area (Å²) in [4.78, 5) is 24.7. The second-order valence-electron chi connectivity index (χ2n) is 5.31. The molecular weight excluding hydrogens is 258 g/mol. The molecule has 1 saturated heterocycles. The van der Waals surface area contributed by atoms with Gasteiger partial charge >= 0.3 is 5.97 Å². The van der Waals surface area contributed by atoms with Crippen LogP contribution >= 0.6 is 0 Å². The number of carboxylic acids is 1. The molecule has 1 aromatic heterocycles. The molecule has 1 aliphatic heterocycles. The van der Waals surface area contributed by atoms with Crippen molar-refractivity contribution in [2.24, 2.45) is 5.92 Å². The number of hydrogen-bond acceptors (Lipinski definition) is 3. The molecule has 0 spiro atoms. The van der Waals surface area contributed by atoms with Gasteiger partial charge in [-0.1, -0.05) is 6.92 Å². The van der Waals surface area contributed by atoms with Gasteiger partial charge in [-0.15, -0.1) is 0 Å². The third-order valence-corrected chi connectivity index (χ3v) is 3.79. The monoisotopic (exact) mass is 279 g/mol. The molecule has 5 heteroatoms. The maximum absolute atomic E-state index is 12.3. The van der Waals surface area contributed by atoms with E-state index in [1.54, 1.807) is 11.0 Å². The maximum atomic E-state index is 12.3. The molecule has 0 aromatic carbocycles. The summed E-state index contributed by atoms with van der Waals surface area (Å²) in [5, 5.41) is 8.73. The minimum absolute atomic E-state index is 0.0790. The summed E-state index contributed by atoms with van der Waals surface area (Å²) >= 11 is 0. The lowest BCUT2D eigenvalue weighted by Crippen LogP contribution is -2.39. The zero-order valence-electron chi connectivity index (χ0n) is 11.8. The van der Waals surface area contributed by atoms with Crippen LogP contribution in [-0.2, 0) is 11.2 Å². The first kappa shape index (κ1) is 14.6. The van der Waals surface area contributed by atoms with Gasteiger partial charge in [0, 0.05) is 25.9 Å². The summed E-state index contributed by atoms with van der Waals surface area (Å²) in [5.74, 6) is 0.634. The number of carbonyl (C=O) groups excluding carboxylic acids is 1. The molecule has 1 N–H and O–H groups in total. The number of nitrogens with zero attached hydrogens (tertiary/aromatic N) is 1. The predicted molar refractivity (Wildman–Crippen MR) is 73.6 cm³/mol. The molecule has 1 amide bonds. The average Bonchev–Trinajstić information content (AvgIpc) is 2.93. The third-order valence-electron chi connectivity index (χ3n) is 3.79. The fourth-order valence-electron chi connectivity index (χ4n) is 2.65. The van der Waals surface area contributed by atoms with E-state index in [-0.39, 0.29) is 18.2 Å². The van der Waals surface area contributed by atoms with Crippen LogP contribution in [0.15, 0.2) is 16.5 Å². The number of hydrogen-bond donors (Lipinski definition) is 1. The first-order valence-corrected chi connectivity index (χ1v) is 7.20. The predicted octanol–water partition coefficient (Wildman–Crippen LogP) is 2.56. The molecular formula is C15H21NO4. The fourth-order valence-corrected chi connectivity index (χ4v) is 2.65. The van der Waals surface area contributed by atoms with Crippen LogP contribution in [0.1, 0.15) is 48.9 Å². The van der Waals surface area contributed by atoms with Crippen molar-refractivity contribution in [2.75, 3.05) is 13.1 Å². The van der Waals surface area contributed by atoms with Crippen molar-refractivity contribution in [2.45, 2.75) is 39.0 Å². The van der Waals surface area contributed by atoms with Crippen LogP contribution in [0.3, 0.4) is 0 Å². The molecule has 5 nitrogen and oxygen atoms in total. The second-order valence-corrected chi connectivity index (χ2v) is 5.31. The smallest absolute Gasteiger partial charge is 0.303 e. The van der Waals surface area contributed by atoms with Gasteiger partial charge < -0.3 is 14.4 Å². The number of aryl methyl sites for hydroxylation is 1. The van der Waals surface area contributed by atoms with Crippen molar-refractivity contribution in [1.29, 1.82) is 0 Å². The highest BCUT2D eigenvalue weighted by Crippen LogP contribution is 2.23. The average molecular weight is 279 g/mol. The van der Waals surface area contributed by atoms with Crippen molar-refractivity contribution in [3.05, 3.63) is 23.7 Å². The van der Waals surface area contributed by atoms with Crippen LogP contribution in [0.5, 0.6) is 0 Å². The number of furan rings is 1. The van der Waals surface area contributed by atoms with Crippen LogP contribution in [0.25, 0.3) is 0 Å². The van der Waals surface area contributed by atoms with Crippen LogP contribution in [-0.4, -0.2) is 35.0 Å². The maximum Gasteiger partial charge on any atom is 0.303 e. The van der Waals surface area contributed by atoms with Gasteiger partial charge in [-0.05, 0) is 37.3 Å². The number of likely N-dealkylation sites (tertiary alicyclic amines) is 1. The molecule has 1 atom stereocenters. The topological polar surface area (TPSA) is 70.8 Å². The first-order valence-electron chi connectivity index (χ1n) is 7.20. The zero-order chi connectivity index (χ0) is 14.5. The Morgan fingerprint density at radius 3 is 2.90 bits per heavy atom. The number of amides is 1. The van der Waals surface area contributed by atoms with Crippen LogP contribution in [0.4, 0.5) is 0 Å². The third kappa shape index (κ3) is 3.62. The Morgan fingerprint density at radius 1 is 1.45 bits per heavy atom. The number of carboxylic acid groups (broad SMARTS) is 1. The number of rotatable bonds is 5. The summed E-state index contributed by atoms with van der Waals surface area (Å²) in [6.07, 6.45) is 3.51. The number of carbonyl (C=O) groups is 2. The van der Waals surface area contributed by atoms with Gasteiger partial charge in [-0.25, -0.2) is 0 Å². The van der Waals surface area contributed by atoms with E-state index in [0.29, 0.717) is 18.7 Å². The van der Waals surface area contributed by atoms with E-state index in [0.717, 1.165) is 31.6 Å². The Bertz CT molecular complexity index is 480. The lowest BCUT2D eigenvalue weighted by atomic mass is 9.93. The molecule has 110 valence electrons. The Balaban J connectivity index is 1.94. The van der Waals surface area contributed by atoms with E-state index in [9.17, 15) is 9.59 Å². The molecule has 0 saturated carbocycles. The van der Waals surface area contributed by atoms with Crippen molar-refractivity contribution in [3.63, 3.8) is 0 Å². The van der Waals surface area contributed by atoms with E-state index in [4.69, 9.17) is 9.52 Å². The van der Waals surface area contributed by atoms with Gasteiger partial charge in [0.05, 0.1) is 0 Å². The summed E-state index contributed by atoms with van der Waals surface area (Å²) in [6, 6.07) is 3.56. The molecule has 1 fully saturated rings. The molecule has 0 unspecified atom stereocenters. The summed E-state index contributed by atoms with van der Waals surface area (Å²) in [5.41, 5.74) is 0. The van der Waals surface area contributed by atoms with Gasteiger partial charge in [-0.3, -0.25) is 9.59 Å². The first-order chi connectivity index (χ1) is 9.60. The highest BCUT2D eigenvalue weighted by molar-refractivity contribution is 5.91. The minimum atomic E-state index is -0.771. The van der Waals surface area contributed by atoms with Crippen molar-refractivity contribution in [1.82, 2.24) is 4.90 Å². The van der Waals surface area contributed by atoms with Crippen LogP contribution < -0.4 is 0 Å². The molecule has 2 heterocycles. The number of aliphatic carboxylic acids is 1. The Morgan fingerprint density at radius 2 is 2.25 bits per heavy atom. The lowest BCUT2D eigenvalue weighted by Gasteiger charge is -2.32. The van der Waals surface area contributed by atoms with Gasteiger partial charge in [-0.2, -0.15) is 0 Å². The van der Waals surface area contributed by atoms with Gasteiger partial charge in [0.2, 0.25) is 0 Å². The van der Waals surface area contributed by atoms with Crippen molar-refractivity contribution >= 4 is 11.9 Å². The van der Waals surface area contributed by atoms with Crippen molar-refractivity contribution in [3.8, 4) is 0 Å². The van der Waals surface area contributed by atoms with E-state index in [2.05, 4.69) is 0 Å². The minimum Gasteiger partial charge on any atom is -0.481 e. The van der Waals surface area contributed by atoms with E-state index in [1.165, 1.54) is 0 Å². The van der Waals surface area contributed by atoms with Gasteiger partial charge in [0.1, 0.15) is 5.76 Å². The molecule has 0 bridgehead atoms. The van der Waals surface area contributed by atoms with E-state index < -0.39 is 5.97 Å². The summed E-state index contributed by atoms with van der Waals surface area (Å²) in [6.45, 7) is 3.34.